The number of hydrazone groups is 1. The molecule has 4 aromatic rings. The standard InChI is InChI=1S/C24H19N5S/c1-16-19(23(25)28-29(16)17-9-3-2-4-10-17)15-26-20-12-6-5-11-18(20)24-27-21-13-7-8-14-22(21)30-24/h2-15,19H,1H2,(H2,25,28). The van der Waals surface area contributed by atoms with Gasteiger partial charge in [-0.1, -0.05) is 49.0 Å². The molecule has 0 radical (unpaired) electrons. The number of nitrogens with zero attached hydrogens (tertiary/aromatic N) is 4. The number of benzene rings is 3. The third-order valence-electron chi connectivity index (χ3n) is 4.96. The van der Waals surface area contributed by atoms with E-state index in [2.05, 4.69) is 17.7 Å². The van der Waals surface area contributed by atoms with E-state index in [0.29, 0.717) is 5.84 Å². The van der Waals surface area contributed by atoms with E-state index >= 15 is 0 Å². The Morgan fingerprint density at radius 1 is 0.967 bits per heavy atom. The van der Waals surface area contributed by atoms with Crippen LogP contribution >= 0.6 is 11.3 Å². The molecule has 1 aromatic heterocycles. The Bertz CT molecular complexity index is 1260. The molecule has 6 heteroatoms. The zero-order valence-corrected chi connectivity index (χ0v) is 17.0. The minimum absolute atomic E-state index is 0.256. The van der Waals surface area contributed by atoms with Crippen LogP contribution in [0.25, 0.3) is 20.8 Å². The highest BCUT2D eigenvalue weighted by Crippen LogP contribution is 2.36. The van der Waals surface area contributed by atoms with Crippen molar-refractivity contribution in [3.05, 3.63) is 91.1 Å². The quantitative estimate of drug-likeness (QED) is 0.447. The summed E-state index contributed by atoms with van der Waals surface area (Å²) in [4.78, 5) is 9.53. The molecule has 5 rings (SSSR count). The van der Waals surface area contributed by atoms with Gasteiger partial charge in [0, 0.05) is 11.8 Å². The van der Waals surface area contributed by atoms with E-state index in [1.54, 1.807) is 16.3 Å². The van der Waals surface area contributed by atoms with E-state index in [1.165, 1.54) is 0 Å². The van der Waals surface area contributed by atoms with Crippen molar-refractivity contribution in [3.8, 4) is 10.6 Å². The van der Waals surface area contributed by atoms with Gasteiger partial charge in [0.25, 0.3) is 0 Å². The predicted octanol–water partition coefficient (Wildman–Crippen LogP) is 5.59. The first kappa shape index (κ1) is 18.3. The molecule has 0 aliphatic carbocycles. The fourth-order valence-corrected chi connectivity index (χ4v) is 4.41. The van der Waals surface area contributed by atoms with Gasteiger partial charge in [0.15, 0.2) is 0 Å². The van der Waals surface area contributed by atoms with Crippen molar-refractivity contribution in [1.82, 2.24) is 4.98 Å². The molecule has 1 aliphatic heterocycles. The van der Waals surface area contributed by atoms with Gasteiger partial charge < -0.3 is 5.73 Å². The molecular weight excluding hydrogens is 390 g/mol. The lowest BCUT2D eigenvalue weighted by Crippen LogP contribution is -2.22. The van der Waals surface area contributed by atoms with Gasteiger partial charge >= 0.3 is 0 Å². The highest BCUT2D eigenvalue weighted by molar-refractivity contribution is 7.21. The largest absolute Gasteiger partial charge is 0.385 e. The van der Waals surface area contributed by atoms with E-state index in [9.17, 15) is 0 Å². The number of fused-ring (bicyclic) bond motifs is 1. The fourth-order valence-electron chi connectivity index (χ4n) is 3.41. The Balaban J connectivity index is 1.45. The summed E-state index contributed by atoms with van der Waals surface area (Å²) >= 11 is 1.66. The number of anilines is 1. The Morgan fingerprint density at radius 3 is 2.53 bits per heavy atom. The first-order valence-corrected chi connectivity index (χ1v) is 10.4. The van der Waals surface area contributed by atoms with Crippen molar-refractivity contribution < 1.29 is 0 Å². The van der Waals surface area contributed by atoms with Crippen LogP contribution in [0, 0.1) is 5.92 Å². The van der Waals surface area contributed by atoms with Gasteiger partial charge in [-0.15, -0.1) is 11.3 Å². The Kier molecular flexibility index (Phi) is 4.61. The van der Waals surface area contributed by atoms with E-state index < -0.39 is 0 Å². The van der Waals surface area contributed by atoms with Crippen molar-refractivity contribution in [1.29, 1.82) is 0 Å². The number of amidine groups is 1. The Labute approximate surface area is 178 Å². The van der Waals surface area contributed by atoms with E-state index in [1.807, 2.05) is 79.0 Å². The number of nitrogens with two attached hydrogens (primary N) is 1. The fraction of sp³-hybridized carbons (Fsp3) is 0.0417. The smallest absolute Gasteiger partial charge is 0.135 e. The molecule has 0 spiro atoms. The SMILES string of the molecule is C=C1C(C=Nc2ccccc2-c2nc3ccccc3s2)C(N)=NN1c1ccccc1. The van der Waals surface area contributed by atoms with Crippen LogP contribution in [0.2, 0.25) is 0 Å². The highest BCUT2D eigenvalue weighted by atomic mass is 32.1. The van der Waals surface area contributed by atoms with Crippen LogP contribution in [-0.4, -0.2) is 17.0 Å². The van der Waals surface area contributed by atoms with Gasteiger partial charge in [-0.2, -0.15) is 5.10 Å². The van der Waals surface area contributed by atoms with E-state index in [-0.39, 0.29) is 5.92 Å². The second-order valence-electron chi connectivity index (χ2n) is 6.92. The van der Waals surface area contributed by atoms with Crippen LogP contribution in [0.5, 0.6) is 0 Å². The van der Waals surface area contributed by atoms with Crippen molar-refractivity contribution in [2.75, 3.05) is 5.01 Å². The Morgan fingerprint density at radius 2 is 1.70 bits per heavy atom. The molecule has 1 atom stereocenters. The maximum atomic E-state index is 6.21. The lowest BCUT2D eigenvalue weighted by Gasteiger charge is -2.16. The summed E-state index contributed by atoms with van der Waals surface area (Å²) in [6.07, 6.45) is 1.82. The van der Waals surface area contributed by atoms with E-state index in [4.69, 9.17) is 15.7 Å². The first-order valence-electron chi connectivity index (χ1n) is 9.58. The number of para-hydroxylation sites is 3. The molecule has 0 amide bonds. The van der Waals surface area contributed by atoms with Crippen LogP contribution in [0.3, 0.4) is 0 Å². The Hall–Kier alpha value is -3.77. The summed E-state index contributed by atoms with van der Waals surface area (Å²) in [5, 5.41) is 7.18. The topological polar surface area (TPSA) is 66.9 Å². The minimum Gasteiger partial charge on any atom is -0.385 e. The van der Waals surface area contributed by atoms with Crippen LogP contribution < -0.4 is 10.7 Å². The number of rotatable bonds is 4. The normalized spacial score (nSPS) is 16.5. The monoisotopic (exact) mass is 409 g/mol. The summed E-state index contributed by atoms with van der Waals surface area (Å²) < 4.78 is 1.16. The van der Waals surface area contributed by atoms with Crippen LogP contribution in [0.4, 0.5) is 11.4 Å². The van der Waals surface area contributed by atoms with Gasteiger partial charge in [0.2, 0.25) is 0 Å². The van der Waals surface area contributed by atoms with Crippen molar-refractivity contribution in [2.24, 2.45) is 21.7 Å². The zero-order chi connectivity index (χ0) is 20.5. The van der Waals surface area contributed by atoms with Gasteiger partial charge in [-0.05, 0) is 36.4 Å². The molecule has 0 saturated heterocycles. The third-order valence-corrected chi connectivity index (χ3v) is 6.03. The van der Waals surface area contributed by atoms with Crippen LogP contribution in [0.15, 0.2) is 101 Å². The van der Waals surface area contributed by atoms with Crippen molar-refractivity contribution in [3.63, 3.8) is 0 Å². The average molecular weight is 410 g/mol. The number of thiazole rings is 1. The summed E-state index contributed by atoms with van der Waals surface area (Å²) in [6.45, 7) is 4.20. The van der Waals surface area contributed by atoms with Crippen molar-refractivity contribution >= 4 is 45.0 Å². The number of aromatic nitrogens is 1. The summed E-state index contributed by atoms with van der Waals surface area (Å²) in [6, 6.07) is 26.0. The molecule has 0 saturated carbocycles. The molecule has 1 unspecified atom stereocenters. The molecule has 1 aliphatic rings. The summed E-state index contributed by atoms with van der Waals surface area (Å²) in [7, 11) is 0. The van der Waals surface area contributed by atoms with Crippen LogP contribution in [-0.2, 0) is 0 Å². The molecule has 5 nitrogen and oxygen atoms in total. The molecule has 2 N–H and O–H groups in total. The van der Waals surface area contributed by atoms with Gasteiger partial charge in [0.05, 0.1) is 33.2 Å². The number of hydrogen-bond acceptors (Lipinski definition) is 6. The van der Waals surface area contributed by atoms with E-state index in [0.717, 1.165) is 37.9 Å². The second kappa shape index (κ2) is 7.57. The molecule has 146 valence electrons. The van der Waals surface area contributed by atoms with Gasteiger partial charge in [0.1, 0.15) is 10.8 Å². The molecular formula is C24H19N5S. The molecule has 0 fully saturated rings. The molecule has 0 bridgehead atoms. The number of aliphatic imine (C=N–C) groups is 1. The maximum Gasteiger partial charge on any atom is 0.135 e. The highest BCUT2D eigenvalue weighted by Gasteiger charge is 2.28. The predicted molar refractivity (Wildman–Crippen MR) is 126 cm³/mol. The summed E-state index contributed by atoms with van der Waals surface area (Å²) in [5.41, 5.74) is 10.7. The zero-order valence-electron chi connectivity index (χ0n) is 16.1. The third kappa shape index (κ3) is 3.27. The summed E-state index contributed by atoms with van der Waals surface area (Å²) in [5.74, 6) is 0.221. The maximum absolute atomic E-state index is 6.21. The first-order chi connectivity index (χ1) is 14.7. The lowest BCUT2D eigenvalue weighted by atomic mass is 10.1. The van der Waals surface area contributed by atoms with Crippen LogP contribution in [0.1, 0.15) is 0 Å². The lowest BCUT2D eigenvalue weighted by molar-refractivity contribution is 1.00. The molecule has 3 aromatic carbocycles. The minimum atomic E-state index is -0.256. The molecule has 30 heavy (non-hydrogen) atoms. The average Bonchev–Trinajstić information content (AvgIpc) is 3.34. The number of hydrogen-bond donors (Lipinski definition) is 1. The van der Waals surface area contributed by atoms with Crippen molar-refractivity contribution in [2.45, 2.75) is 0 Å². The molecule has 2 heterocycles. The van der Waals surface area contributed by atoms with Gasteiger partial charge in [-0.25, -0.2) is 9.99 Å². The second-order valence-corrected chi connectivity index (χ2v) is 7.95. The van der Waals surface area contributed by atoms with Gasteiger partial charge in [-0.3, -0.25) is 4.99 Å².